The molecule has 0 unspecified atom stereocenters. The number of anilines is 1. The van der Waals surface area contributed by atoms with Crippen LogP contribution in [0.3, 0.4) is 0 Å². The number of nitrogens with zero attached hydrogens (tertiary/aromatic N) is 5. The third kappa shape index (κ3) is 2.80. The van der Waals surface area contributed by atoms with Crippen LogP contribution in [-0.4, -0.2) is 47.1 Å². The van der Waals surface area contributed by atoms with Gasteiger partial charge in [-0.3, -0.25) is 24.8 Å². The molecule has 2 atom stereocenters. The van der Waals surface area contributed by atoms with Crippen molar-refractivity contribution in [3.05, 3.63) is 121 Å². The van der Waals surface area contributed by atoms with Gasteiger partial charge in [0.25, 0.3) is 11.5 Å². The van der Waals surface area contributed by atoms with Crippen molar-refractivity contribution in [2.75, 3.05) is 31.0 Å². The topological polar surface area (TPSA) is 90.2 Å². The van der Waals surface area contributed by atoms with E-state index in [-0.39, 0.29) is 17.5 Å². The van der Waals surface area contributed by atoms with Crippen LogP contribution < -0.4 is 25.2 Å². The predicted octanol–water partition coefficient (Wildman–Crippen LogP) is 2.36. The molecule has 1 fully saturated rings. The maximum absolute atomic E-state index is 14.2. The van der Waals surface area contributed by atoms with E-state index in [9.17, 15) is 14.4 Å². The van der Waals surface area contributed by atoms with Crippen LogP contribution in [0.2, 0.25) is 0 Å². The second-order valence-electron chi connectivity index (χ2n) is 10.0. The monoisotopic (exact) mass is 550 g/mol. The fourth-order valence-corrected chi connectivity index (χ4v) is 7.44. The molecule has 1 N–H and O–H groups in total. The smallest absolute Gasteiger partial charge is 0.308 e. The summed E-state index contributed by atoms with van der Waals surface area (Å²) in [6, 6.07) is 26.5. The number of hydrogen-bond acceptors (Lipinski definition) is 6. The van der Waals surface area contributed by atoms with Gasteiger partial charge < -0.3 is 4.90 Å². The first-order valence-electron chi connectivity index (χ1n) is 13.0. The first kappa shape index (κ1) is 24.3. The number of para-hydroxylation sites is 1. The van der Waals surface area contributed by atoms with Gasteiger partial charge in [-0.2, -0.15) is 4.68 Å². The van der Waals surface area contributed by atoms with Gasteiger partial charge in [0.1, 0.15) is 4.53 Å². The summed E-state index contributed by atoms with van der Waals surface area (Å²) in [6.45, 7) is 2.40. The summed E-state index contributed by atoms with van der Waals surface area (Å²) < 4.78 is 1.71. The van der Waals surface area contributed by atoms with E-state index in [1.54, 1.807) is 28.8 Å². The summed E-state index contributed by atoms with van der Waals surface area (Å²) in [7, 11) is 3.45. The van der Waals surface area contributed by atoms with Crippen molar-refractivity contribution in [3.63, 3.8) is 0 Å². The highest BCUT2D eigenvalue weighted by molar-refractivity contribution is 7.07. The fourth-order valence-electron chi connectivity index (χ4n) is 6.38. The molecular formula is C30H26N6O3S. The highest BCUT2D eigenvalue weighted by Crippen LogP contribution is 2.53. The van der Waals surface area contributed by atoms with Gasteiger partial charge >= 0.3 is 6.03 Å². The van der Waals surface area contributed by atoms with E-state index in [4.69, 9.17) is 4.99 Å². The molecule has 3 aliphatic heterocycles. The Bertz CT molecular complexity index is 1890. The highest BCUT2D eigenvalue weighted by atomic mass is 32.1. The number of rotatable bonds is 3. The number of likely N-dealkylation sites (N-methyl/N-ethyl adjacent to an activating group) is 3. The molecule has 9 nitrogen and oxygen atoms in total. The molecule has 3 aromatic carbocycles. The summed E-state index contributed by atoms with van der Waals surface area (Å²) in [6.07, 6.45) is 0. The summed E-state index contributed by atoms with van der Waals surface area (Å²) >= 11 is 1.16. The Morgan fingerprint density at radius 3 is 2.12 bits per heavy atom. The summed E-state index contributed by atoms with van der Waals surface area (Å²) in [4.78, 5) is 52.0. The normalized spacial score (nSPS) is 24.4. The average molecular weight is 551 g/mol. The predicted molar refractivity (Wildman–Crippen MR) is 153 cm³/mol. The number of amides is 3. The Kier molecular flexibility index (Phi) is 5.11. The molecule has 4 heterocycles. The molecule has 3 amide bonds. The van der Waals surface area contributed by atoms with Crippen molar-refractivity contribution in [2.45, 2.75) is 18.2 Å². The lowest BCUT2D eigenvalue weighted by molar-refractivity contribution is -0.113. The lowest BCUT2D eigenvalue weighted by Crippen LogP contribution is -2.67. The molecule has 0 spiro atoms. The molecule has 200 valence electrons. The van der Waals surface area contributed by atoms with Gasteiger partial charge in [0.2, 0.25) is 16.1 Å². The summed E-state index contributed by atoms with van der Waals surface area (Å²) in [5.41, 5.74) is 3.99. The maximum Gasteiger partial charge on any atom is 0.324 e. The molecule has 40 heavy (non-hydrogen) atoms. The number of aromatic nitrogens is 1. The molecule has 1 saturated heterocycles. The molecule has 4 aromatic rings. The molecular weight excluding hydrogens is 524 g/mol. The Hall–Kier alpha value is -4.70. The van der Waals surface area contributed by atoms with Crippen molar-refractivity contribution in [1.82, 2.24) is 14.5 Å². The van der Waals surface area contributed by atoms with Gasteiger partial charge in [0.05, 0.1) is 11.3 Å². The maximum atomic E-state index is 14.2. The lowest BCUT2D eigenvalue weighted by atomic mass is 9.80. The number of hydrogen-bond donors (Lipinski definition) is 1. The zero-order valence-corrected chi connectivity index (χ0v) is 23.0. The molecule has 1 aromatic heterocycles. The second kappa shape index (κ2) is 8.40. The van der Waals surface area contributed by atoms with Crippen LogP contribution in [-0.2, 0) is 16.1 Å². The van der Waals surface area contributed by atoms with E-state index in [0.29, 0.717) is 21.5 Å². The van der Waals surface area contributed by atoms with Gasteiger partial charge in [0, 0.05) is 37.3 Å². The Labute approximate surface area is 233 Å². The standard InChI is InChI=1S/C30H26N6O3S/c1-4-35-22-18-12-11-17-21(22)23(25(35)37)24-26(38)36-27(40-24)31-29(19-13-7-5-8-14-19)30(32-36,20-15-9-6-10-16-20)34(3)28(39)33(29)2/h5-18,32H,4H2,1-3H3/b24-23-/t29-,30-/m1/s1. The quantitative estimate of drug-likeness (QED) is 0.424. The minimum Gasteiger partial charge on any atom is -0.308 e. The van der Waals surface area contributed by atoms with Crippen LogP contribution in [0.1, 0.15) is 23.6 Å². The summed E-state index contributed by atoms with van der Waals surface area (Å²) in [5.74, 6) is -0.208. The Morgan fingerprint density at radius 2 is 1.45 bits per heavy atom. The average Bonchev–Trinajstić information content (AvgIpc) is 3.52. The Morgan fingerprint density at radius 1 is 0.825 bits per heavy atom. The lowest BCUT2D eigenvalue weighted by Gasteiger charge is -2.49. The number of carbonyl (C=O) groups excluding carboxylic acids is 2. The van der Waals surface area contributed by atoms with Crippen LogP contribution in [0.15, 0.2) is 94.7 Å². The molecule has 3 aliphatic rings. The second-order valence-corrected chi connectivity index (χ2v) is 11.0. The number of urea groups is 1. The van der Waals surface area contributed by atoms with Crippen molar-refractivity contribution in [3.8, 4) is 0 Å². The van der Waals surface area contributed by atoms with Crippen LogP contribution >= 0.6 is 11.3 Å². The molecule has 10 heteroatoms. The van der Waals surface area contributed by atoms with Crippen molar-refractivity contribution in [1.29, 1.82) is 0 Å². The van der Waals surface area contributed by atoms with Crippen LogP contribution in [0.25, 0.3) is 5.57 Å². The number of nitrogens with one attached hydrogen (secondary N) is 1. The van der Waals surface area contributed by atoms with Gasteiger partial charge in [-0.15, -0.1) is 0 Å². The molecule has 0 aliphatic carbocycles. The number of fused-ring (bicyclic) bond motifs is 3. The number of thiazole rings is 1. The third-order valence-electron chi connectivity index (χ3n) is 8.21. The van der Waals surface area contributed by atoms with Crippen molar-refractivity contribution in [2.24, 2.45) is 4.99 Å². The molecule has 0 radical (unpaired) electrons. The zero-order valence-electron chi connectivity index (χ0n) is 22.2. The van der Waals surface area contributed by atoms with Gasteiger partial charge in [-0.25, -0.2) is 9.79 Å². The first-order valence-corrected chi connectivity index (χ1v) is 13.9. The van der Waals surface area contributed by atoms with Crippen LogP contribution in [0.4, 0.5) is 10.5 Å². The van der Waals surface area contributed by atoms with E-state index < -0.39 is 11.3 Å². The van der Waals surface area contributed by atoms with Crippen LogP contribution in [0.5, 0.6) is 0 Å². The van der Waals surface area contributed by atoms with Gasteiger partial charge in [-0.1, -0.05) is 90.2 Å². The largest absolute Gasteiger partial charge is 0.324 e. The first-order chi connectivity index (χ1) is 19.4. The Balaban J connectivity index is 1.61. The summed E-state index contributed by atoms with van der Waals surface area (Å²) in [5, 5.41) is 0. The SMILES string of the molecule is CCN1C(=O)/C(=c2\sc3n(c2=O)N[C@]2(c4ccccc4)N(C)C(=O)N(C)[C@@]2(c2ccccc2)N=3)c2ccccc21. The minimum atomic E-state index is -1.27. The van der Waals surface area contributed by atoms with E-state index >= 15 is 0 Å². The number of carbonyl (C=O) groups is 2. The zero-order chi connectivity index (χ0) is 27.8. The van der Waals surface area contributed by atoms with E-state index in [2.05, 4.69) is 5.43 Å². The van der Waals surface area contributed by atoms with Gasteiger partial charge in [-0.05, 0) is 13.0 Å². The van der Waals surface area contributed by atoms with Gasteiger partial charge in [0.15, 0.2) is 0 Å². The fraction of sp³-hybridized carbons (Fsp3) is 0.200. The van der Waals surface area contributed by atoms with E-state index in [1.165, 1.54) is 4.68 Å². The molecule has 0 bridgehead atoms. The van der Waals surface area contributed by atoms with Crippen LogP contribution in [0, 0.1) is 0 Å². The minimum absolute atomic E-state index is 0.208. The van der Waals surface area contributed by atoms with E-state index in [0.717, 1.165) is 33.7 Å². The van der Waals surface area contributed by atoms with E-state index in [1.807, 2.05) is 91.9 Å². The number of benzene rings is 3. The molecule has 7 rings (SSSR count). The molecule has 0 saturated carbocycles. The highest BCUT2D eigenvalue weighted by Gasteiger charge is 2.69. The van der Waals surface area contributed by atoms with Crippen molar-refractivity contribution >= 4 is 34.5 Å². The van der Waals surface area contributed by atoms with Crippen molar-refractivity contribution < 1.29 is 9.59 Å². The third-order valence-corrected chi connectivity index (χ3v) is 9.25.